The maximum atomic E-state index is 12.1. The van der Waals surface area contributed by atoms with E-state index in [9.17, 15) is 13.2 Å². The number of sulfonamides is 1. The molecule has 1 aliphatic rings. The van der Waals surface area contributed by atoms with Crippen molar-refractivity contribution in [2.24, 2.45) is 0 Å². The van der Waals surface area contributed by atoms with Crippen LogP contribution in [0.2, 0.25) is 5.15 Å². The largest absolute Gasteiger partial charge is 0.298 e. The summed E-state index contributed by atoms with van der Waals surface area (Å²) in [5.41, 5.74) is 6.11. The van der Waals surface area contributed by atoms with E-state index in [4.69, 9.17) is 11.6 Å². The lowest BCUT2D eigenvalue weighted by Gasteiger charge is -2.10. The van der Waals surface area contributed by atoms with E-state index in [1.165, 1.54) is 24.4 Å². The molecule has 0 atom stereocenters. The zero-order valence-corrected chi connectivity index (χ0v) is 14.1. The predicted octanol–water partition coefficient (Wildman–Crippen LogP) is 1.93. The maximum absolute atomic E-state index is 12.1. The first-order valence-electron chi connectivity index (χ1n) is 7.24. The predicted molar refractivity (Wildman–Crippen MR) is 90.1 cm³/mol. The van der Waals surface area contributed by atoms with Crippen LogP contribution in [0.15, 0.2) is 47.5 Å². The molecular formula is C15H15ClN4O3S. The van der Waals surface area contributed by atoms with Crippen LogP contribution in [0.4, 0.5) is 5.69 Å². The van der Waals surface area contributed by atoms with Gasteiger partial charge in [0.1, 0.15) is 5.15 Å². The number of pyridine rings is 1. The summed E-state index contributed by atoms with van der Waals surface area (Å²) < 4.78 is 26.7. The third kappa shape index (κ3) is 4.22. The highest BCUT2D eigenvalue weighted by molar-refractivity contribution is 7.89. The Hall–Kier alpha value is -2.16. The number of carbonyl (C=O) groups excluding carboxylic acids is 1. The van der Waals surface area contributed by atoms with Gasteiger partial charge in [0.2, 0.25) is 10.0 Å². The maximum Gasteiger partial charge on any atom is 0.271 e. The van der Waals surface area contributed by atoms with Crippen LogP contribution in [0, 0.1) is 0 Å². The van der Waals surface area contributed by atoms with Gasteiger partial charge in [0, 0.05) is 12.2 Å². The molecule has 1 fully saturated rings. The number of hydrogen-bond acceptors (Lipinski definition) is 5. The molecule has 126 valence electrons. The Morgan fingerprint density at radius 2 is 1.83 bits per heavy atom. The molecule has 0 spiro atoms. The van der Waals surface area contributed by atoms with Crippen molar-refractivity contribution in [2.45, 2.75) is 23.8 Å². The minimum Gasteiger partial charge on any atom is -0.298 e. The first-order chi connectivity index (χ1) is 11.4. The molecule has 1 aliphatic carbocycles. The minimum absolute atomic E-state index is 0.0556. The molecule has 3 rings (SSSR count). The Balaban J connectivity index is 1.59. The Bertz CT molecular complexity index is 834. The molecule has 1 saturated carbocycles. The summed E-state index contributed by atoms with van der Waals surface area (Å²) in [5, 5.41) is 0.302. The third-order valence-corrected chi connectivity index (χ3v) is 5.13. The molecule has 9 heteroatoms. The highest BCUT2D eigenvalue weighted by Gasteiger charge is 2.27. The Labute approximate surface area is 144 Å². The number of hydrogen-bond donors (Lipinski definition) is 3. The summed E-state index contributed by atoms with van der Waals surface area (Å²) in [6.45, 7) is 0. The summed E-state index contributed by atoms with van der Waals surface area (Å²) >= 11 is 5.66. The number of aromatic nitrogens is 1. The second kappa shape index (κ2) is 6.76. The number of anilines is 1. The third-order valence-electron chi connectivity index (χ3n) is 3.37. The minimum atomic E-state index is -3.48. The number of halogens is 1. The standard InChI is InChI=1S/C15H15ClN4O3S/c16-14-8-1-10(9-17-14)15(21)19-18-11-4-6-13(7-5-11)24(22,23)20-12-2-3-12/h1,4-9,12,18,20H,2-3H2,(H,19,21). The highest BCUT2D eigenvalue weighted by Crippen LogP contribution is 2.22. The van der Waals surface area contributed by atoms with Gasteiger partial charge in [-0.3, -0.25) is 15.6 Å². The van der Waals surface area contributed by atoms with Gasteiger partial charge in [-0.1, -0.05) is 11.6 Å². The van der Waals surface area contributed by atoms with E-state index >= 15 is 0 Å². The molecule has 0 aliphatic heterocycles. The van der Waals surface area contributed by atoms with Gasteiger partial charge in [-0.2, -0.15) is 0 Å². The molecule has 1 heterocycles. The van der Waals surface area contributed by atoms with Crippen molar-refractivity contribution in [3.05, 3.63) is 53.3 Å². The van der Waals surface area contributed by atoms with Crippen molar-refractivity contribution < 1.29 is 13.2 Å². The average molecular weight is 367 g/mol. The first-order valence-corrected chi connectivity index (χ1v) is 9.10. The van der Waals surface area contributed by atoms with Crippen molar-refractivity contribution in [2.75, 3.05) is 5.43 Å². The molecular weight excluding hydrogens is 352 g/mol. The van der Waals surface area contributed by atoms with E-state index in [1.54, 1.807) is 18.2 Å². The lowest BCUT2D eigenvalue weighted by molar-refractivity contribution is 0.0962. The van der Waals surface area contributed by atoms with Gasteiger partial charge in [-0.15, -0.1) is 0 Å². The molecule has 1 aromatic heterocycles. The normalized spacial score (nSPS) is 14.2. The van der Waals surface area contributed by atoms with Crippen LogP contribution in [-0.2, 0) is 10.0 Å². The van der Waals surface area contributed by atoms with E-state index < -0.39 is 10.0 Å². The summed E-state index contributed by atoms with van der Waals surface area (Å²) in [6, 6.07) is 9.21. The fourth-order valence-corrected chi connectivity index (χ4v) is 3.33. The fraction of sp³-hybridized carbons (Fsp3) is 0.200. The number of amides is 1. The van der Waals surface area contributed by atoms with Gasteiger partial charge >= 0.3 is 0 Å². The second-order valence-corrected chi connectivity index (χ2v) is 7.47. The topological polar surface area (TPSA) is 100 Å². The number of nitrogens with one attached hydrogen (secondary N) is 3. The van der Waals surface area contributed by atoms with Crippen molar-refractivity contribution in [1.82, 2.24) is 15.1 Å². The number of rotatable bonds is 6. The Kier molecular flexibility index (Phi) is 4.70. The quantitative estimate of drug-likeness (QED) is 0.535. The zero-order valence-electron chi connectivity index (χ0n) is 12.5. The lowest BCUT2D eigenvalue weighted by atomic mass is 10.3. The van der Waals surface area contributed by atoms with Gasteiger partial charge in [0.25, 0.3) is 5.91 Å². The van der Waals surface area contributed by atoms with E-state index in [0.29, 0.717) is 16.4 Å². The number of carbonyl (C=O) groups is 1. The molecule has 0 radical (unpaired) electrons. The van der Waals surface area contributed by atoms with Gasteiger partial charge in [-0.05, 0) is 49.2 Å². The molecule has 0 bridgehead atoms. The zero-order chi connectivity index (χ0) is 17.2. The Morgan fingerprint density at radius 3 is 2.42 bits per heavy atom. The summed E-state index contributed by atoms with van der Waals surface area (Å²) in [5.74, 6) is -0.383. The van der Waals surface area contributed by atoms with Gasteiger partial charge < -0.3 is 0 Å². The summed E-state index contributed by atoms with van der Waals surface area (Å²) in [7, 11) is -3.48. The van der Waals surface area contributed by atoms with Crippen molar-refractivity contribution in [3.8, 4) is 0 Å². The summed E-state index contributed by atoms with van der Waals surface area (Å²) in [6.07, 6.45) is 3.12. The molecule has 1 aromatic carbocycles. The van der Waals surface area contributed by atoms with E-state index in [1.807, 2.05) is 0 Å². The van der Waals surface area contributed by atoms with Gasteiger partial charge in [0.05, 0.1) is 16.1 Å². The van der Waals surface area contributed by atoms with E-state index in [2.05, 4.69) is 20.6 Å². The van der Waals surface area contributed by atoms with Crippen molar-refractivity contribution in [3.63, 3.8) is 0 Å². The molecule has 0 unspecified atom stereocenters. The lowest BCUT2D eigenvalue weighted by Crippen LogP contribution is -2.29. The number of benzene rings is 1. The SMILES string of the molecule is O=C(NNc1ccc(S(=O)(=O)NC2CC2)cc1)c1ccc(Cl)nc1. The van der Waals surface area contributed by atoms with Crippen LogP contribution in [0.3, 0.4) is 0 Å². The van der Waals surface area contributed by atoms with Crippen molar-refractivity contribution >= 4 is 33.2 Å². The molecule has 24 heavy (non-hydrogen) atoms. The molecule has 2 aromatic rings. The van der Waals surface area contributed by atoms with Gasteiger partial charge in [0.15, 0.2) is 0 Å². The number of hydrazine groups is 1. The van der Waals surface area contributed by atoms with E-state index in [-0.39, 0.29) is 16.8 Å². The monoisotopic (exact) mass is 366 g/mol. The molecule has 3 N–H and O–H groups in total. The van der Waals surface area contributed by atoms with Crippen LogP contribution in [0.5, 0.6) is 0 Å². The fourth-order valence-electron chi connectivity index (χ4n) is 1.92. The number of nitrogens with zero attached hydrogens (tertiary/aromatic N) is 1. The first kappa shape index (κ1) is 16.7. The second-order valence-electron chi connectivity index (χ2n) is 5.37. The molecule has 0 saturated heterocycles. The van der Waals surface area contributed by atoms with Gasteiger partial charge in [-0.25, -0.2) is 18.1 Å². The van der Waals surface area contributed by atoms with Crippen LogP contribution >= 0.6 is 11.6 Å². The Morgan fingerprint density at radius 1 is 1.12 bits per heavy atom. The average Bonchev–Trinajstić information content (AvgIpc) is 3.37. The van der Waals surface area contributed by atoms with Crippen molar-refractivity contribution in [1.29, 1.82) is 0 Å². The van der Waals surface area contributed by atoms with Crippen LogP contribution in [0.25, 0.3) is 0 Å². The van der Waals surface area contributed by atoms with Crippen LogP contribution < -0.4 is 15.6 Å². The molecule has 1 amide bonds. The van der Waals surface area contributed by atoms with Crippen LogP contribution in [0.1, 0.15) is 23.2 Å². The highest BCUT2D eigenvalue weighted by atomic mass is 35.5. The van der Waals surface area contributed by atoms with E-state index in [0.717, 1.165) is 12.8 Å². The molecule has 7 nitrogen and oxygen atoms in total. The smallest absolute Gasteiger partial charge is 0.271 e. The van der Waals surface area contributed by atoms with Crippen LogP contribution in [-0.4, -0.2) is 25.4 Å². The summed E-state index contributed by atoms with van der Waals surface area (Å²) in [4.78, 5) is 15.9.